The normalized spacial score (nSPS) is 18.0. The van der Waals surface area contributed by atoms with E-state index in [0.29, 0.717) is 20.9 Å². The number of allylic oxidation sites excluding steroid dienone is 1. The van der Waals surface area contributed by atoms with Crippen molar-refractivity contribution in [3.05, 3.63) is 58.2 Å². The van der Waals surface area contributed by atoms with E-state index in [2.05, 4.69) is 9.98 Å². The molecule has 1 aromatic heterocycles. The number of likely N-dealkylation sites (N-methyl/N-ethyl adjacent to an activating group) is 1. The lowest BCUT2D eigenvalue weighted by atomic mass is 10.1. The molecule has 5 nitrogen and oxygen atoms in total. The van der Waals surface area contributed by atoms with Gasteiger partial charge in [0, 0.05) is 13.2 Å². The van der Waals surface area contributed by atoms with Crippen molar-refractivity contribution in [2.24, 2.45) is 4.99 Å². The molecule has 1 aliphatic heterocycles. The lowest BCUT2D eigenvalue weighted by Crippen LogP contribution is -2.23. The number of aromatic nitrogens is 1. The van der Waals surface area contributed by atoms with Crippen LogP contribution < -0.4 is 4.74 Å². The van der Waals surface area contributed by atoms with E-state index in [0.717, 1.165) is 16.9 Å². The van der Waals surface area contributed by atoms with Crippen molar-refractivity contribution in [2.75, 3.05) is 14.2 Å². The molecule has 0 unspecified atom stereocenters. The van der Waals surface area contributed by atoms with Crippen LogP contribution in [0.15, 0.2) is 52.5 Å². The second-order valence-electron chi connectivity index (χ2n) is 5.36. The van der Waals surface area contributed by atoms with Gasteiger partial charge in [0.25, 0.3) is 5.91 Å². The topological polar surface area (TPSA) is 54.8 Å². The first kappa shape index (κ1) is 17.5. The molecule has 0 spiro atoms. The maximum absolute atomic E-state index is 12.6. The number of hydrogen-bond acceptors (Lipinski definition) is 5. The van der Waals surface area contributed by atoms with Crippen molar-refractivity contribution in [3.63, 3.8) is 0 Å². The molecular weight excluding hydrogens is 358 g/mol. The molecule has 1 aromatic carbocycles. The molecule has 2 aromatic rings. The van der Waals surface area contributed by atoms with Crippen LogP contribution in [0.3, 0.4) is 0 Å². The molecule has 2 heterocycles. The second kappa shape index (κ2) is 7.29. The molecule has 1 fully saturated rings. The third-order valence-electron chi connectivity index (χ3n) is 3.78. The van der Waals surface area contributed by atoms with Crippen LogP contribution in [0.1, 0.15) is 12.5 Å². The minimum Gasteiger partial charge on any atom is -0.497 e. The zero-order valence-electron chi connectivity index (χ0n) is 14.0. The summed E-state index contributed by atoms with van der Waals surface area (Å²) in [5.74, 6) is 0.654. The highest BCUT2D eigenvalue weighted by molar-refractivity contribution is 8.18. The van der Waals surface area contributed by atoms with Crippen molar-refractivity contribution in [3.8, 4) is 5.75 Å². The van der Waals surface area contributed by atoms with E-state index in [-0.39, 0.29) is 5.91 Å². The Labute approximate surface area is 155 Å². The standard InChI is InChI=1S/C18H16ClN3O2S/c1-11(12-6-4-7-13(10-12)24-3)15-17(23)22(2)18(25-15)21-14-8-5-9-20-16(14)19/h4-10H,1-3H3/b15-11-,21-18?. The Morgan fingerprint density at radius 3 is 2.84 bits per heavy atom. The van der Waals surface area contributed by atoms with E-state index in [4.69, 9.17) is 16.3 Å². The summed E-state index contributed by atoms with van der Waals surface area (Å²) in [5, 5.41) is 0.871. The molecule has 0 aliphatic carbocycles. The van der Waals surface area contributed by atoms with Crippen LogP contribution in [-0.4, -0.2) is 35.1 Å². The van der Waals surface area contributed by atoms with Crippen LogP contribution >= 0.6 is 23.4 Å². The zero-order valence-corrected chi connectivity index (χ0v) is 15.6. The first-order valence-corrected chi connectivity index (χ1v) is 8.71. The Hall–Kier alpha value is -2.31. The third-order valence-corrected chi connectivity index (χ3v) is 5.30. The smallest absolute Gasteiger partial charge is 0.266 e. The monoisotopic (exact) mass is 373 g/mol. The number of pyridine rings is 1. The number of ether oxygens (including phenoxy) is 1. The molecule has 128 valence electrons. The number of carbonyl (C=O) groups excluding carboxylic acids is 1. The molecule has 0 radical (unpaired) electrons. The summed E-state index contributed by atoms with van der Waals surface area (Å²) in [5.41, 5.74) is 2.35. The lowest BCUT2D eigenvalue weighted by molar-refractivity contribution is -0.121. The van der Waals surface area contributed by atoms with Crippen LogP contribution in [0.5, 0.6) is 5.75 Å². The molecular formula is C18H16ClN3O2S. The number of methoxy groups -OCH3 is 1. The SMILES string of the molecule is COc1cccc(/C(C)=C2\SC(=Nc3cccnc3Cl)N(C)C2=O)c1. The summed E-state index contributed by atoms with van der Waals surface area (Å²) >= 11 is 7.38. The number of thioether (sulfide) groups is 1. The maximum atomic E-state index is 12.6. The van der Waals surface area contributed by atoms with Crippen LogP contribution in [0.2, 0.25) is 5.15 Å². The largest absolute Gasteiger partial charge is 0.497 e. The Balaban J connectivity index is 1.99. The van der Waals surface area contributed by atoms with Crippen molar-refractivity contribution >= 4 is 45.7 Å². The minimum atomic E-state index is -0.0934. The molecule has 7 heteroatoms. The van der Waals surface area contributed by atoms with Gasteiger partial charge in [-0.05, 0) is 54.1 Å². The summed E-state index contributed by atoms with van der Waals surface area (Å²) in [6, 6.07) is 11.1. The zero-order chi connectivity index (χ0) is 18.0. The molecule has 0 bridgehead atoms. The van der Waals surface area contributed by atoms with E-state index < -0.39 is 0 Å². The number of carbonyl (C=O) groups is 1. The molecule has 1 aliphatic rings. The second-order valence-corrected chi connectivity index (χ2v) is 6.70. The minimum absolute atomic E-state index is 0.0934. The van der Waals surface area contributed by atoms with Crippen LogP contribution in [0, 0.1) is 0 Å². The number of amidine groups is 1. The summed E-state index contributed by atoms with van der Waals surface area (Å²) in [6.07, 6.45) is 1.60. The molecule has 1 amide bonds. The molecule has 0 saturated carbocycles. The highest BCUT2D eigenvalue weighted by atomic mass is 35.5. The van der Waals surface area contributed by atoms with Gasteiger partial charge in [-0.2, -0.15) is 0 Å². The van der Waals surface area contributed by atoms with Crippen molar-refractivity contribution in [2.45, 2.75) is 6.92 Å². The number of halogens is 1. The Kier molecular flexibility index (Phi) is 5.11. The predicted octanol–water partition coefficient (Wildman–Crippen LogP) is 4.37. The Bertz CT molecular complexity index is 895. The van der Waals surface area contributed by atoms with Gasteiger partial charge in [-0.3, -0.25) is 9.69 Å². The molecule has 1 saturated heterocycles. The summed E-state index contributed by atoms with van der Waals surface area (Å²) in [6.45, 7) is 1.92. The van der Waals surface area contributed by atoms with Gasteiger partial charge < -0.3 is 4.74 Å². The number of hydrogen-bond donors (Lipinski definition) is 0. The van der Waals surface area contributed by atoms with Crippen LogP contribution in [-0.2, 0) is 4.79 Å². The number of aliphatic imine (C=N–C) groups is 1. The highest BCUT2D eigenvalue weighted by Gasteiger charge is 2.32. The Morgan fingerprint density at radius 2 is 2.12 bits per heavy atom. The van der Waals surface area contributed by atoms with Gasteiger partial charge in [-0.1, -0.05) is 23.7 Å². The fourth-order valence-electron chi connectivity index (χ4n) is 2.33. The average Bonchev–Trinajstić information content (AvgIpc) is 2.91. The Morgan fingerprint density at radius 1 is 1.32 bits per heavy atom. The first-order chi connectivity index (χ1) is 12.0. The van der Waals surface area contributed by atoms with Crippen molar-refractivity contribution in [1.82, 2.24) is 9.88 Å². The highest BCUT2D eigenvalue weighted by Crippen LogP contribution is 2.38. The van der Waals surface area contributed by atoms with Crippen molar-refractivity contribution in [1.29, 1.82) is 0 Å². The van der Waals surface area contributed by atoms with Gasteiger partial charge in [0.2, 0.25) is 0 Å². The van der Waals surface area contributed by atoms with E-state index >= 15 is 0 Å². The van der Waals surface area contributed by atoms with Gasteiger partial charge in [-0.15, -0.1) is 0 Å². The lowest BCUT2D eigenvalue weighted by Gasteiger charge is -2.08. The van der Waals surface area contributed by atoms with E-state index in [1.165, 1.54) is 16.7 Å². The average molecular weight is 374 g/mol. The molecule has 3 rings (SSSR count). The summed E-state index contributed by atoms with van der Waals surface area (Å²) < 4.78 is 5.26. The van der Waals surface area contributed by atoms with E-state index in [1.54, 1.807) is 32.5 Å². The third kappa shape index (κ3) is 3.55. The maximum Gasteiger partial charge on any atom is 0.266 e. The van der Waals surface area contributed by atoms with Gasteiger partial charge in [0.15, 0.2) is 10.3 Å². The molecule has 0 N–H and O–H groups in total. The number of amides is 1. The quantitative estimate of drug-likeness (QED) is 0.592. The van der Waals surface area contributed by atoms with Gasteiger partial charge in [0.05, 0.1) is 12.0 Å². The number of nitrogens with zero attached hydrogens (tertiary/aromatic N) is 3. The molecule has 0 atom stereocenters. The summed E-state index contributed by atoms with van der Waals surface area (Å²) in [7, 11) is 3.32. The van der Waals surface area contributed by atoms with E-state index in [9.17, 15) is 4.79 Å². The number of benzene rings is 1. The number of rotatable bonds is 3. The van der Waals surface area contributed by atoms with Crippen LogP contribution in [0.4, 0.5) is 5.69 Å². The molecule has 25 heavy (non-hydrogen) atoms. The van der Waals surface area contributed by atoms with Crippen LogP contribution in [0.25, 0.3) is 5.57 Å². The first-order valence-electron chi connectivity index (χ1n) is 7.51. The predicted molar refractivity (Wildman–Crippen MR) is 102 cm³/mol. The van der Waals surface area contributed by atoms with Gasteiger partial charge in [-0.25, -0.2) is 9.98 Å². The summed E-state index contributed by atoms with van der Waals surface area (Å²) in [4.78, 5) is 23.3. The van der Waals surface area contributed by atoms with Gasteiger partial charge in [0.1, 0.15) is 11.4 Å². The van der Waals surface area contributed by atoms with Crippen molar-refractivity contribution < 1.29 is 9.53 Å². The van der Waals surface area contributed by atoms with Gasteiger partial charge >= 0.3 is 0 Å². The van der Waals surface area contributed by atoms with E-state index in [1.807, 2.05) is 31.2 Å². The fourth-order valence-corrected chi connectivity index (χ4v) is 3.53. The fraction of sp³-hybridized carbons (Fsp3) is 0.167.